The first-order valence-electron chi connectivity index (χ1n) is 5.27. The van der Waals surface area contributed by atoms with Gasteiger partial charge >= 0.3 is 0 Å². The van der Waals surface area contributed by atoms with E-state index in [1.54, 1.807) is 0 Å². The van der Waals surface area contributed by atoms with E-state index in [4.69, 9.17) is 22.7 Å². The summed E-state index contributed by atoms with van der Waals surface area (Å²) >= 11 is 8.37. The number of hydrogen-bond acceptors (Lipinski definition) is 3. The third kappa shape index (κ3) is 3.05. The van der Waals surface area contributed by atoms with Crippen LogP contribution >= 0.6 is 28.1 Å². The first-order chi connectivity index (χ1) is 8.56. The fourth-order valence-electron chi connectivity index (χ4n) is 1.44. The van der Waals surface area contributed by atoms with Crippen LogP contribution < -0.4 is 10.5 Å². The highest BCUT2D eigenvalue weighted by molar-refractivity contribution is 9.10. The van der Waals surface area contributed by atoms with E-state index in [0.29, 0.717) is 17.2 Å². The smallest absolute Gasteiger partial charge is 0.229 e. The van der Waals surface area contributed by atoms with Gasteiger partial charge in [-0.3, -0.25) is 0 Å². The Labute approximate surface area is 119 Å². The second kappa shape index (κ2) is 5.46. The minimum atomic E-state index is 0.271. The van der Waals surface area contributed by atoms with Crippen LogP contribution in [0.15, 0.2) is 40.9 Å². The number of aromatic nitrogens is 1. The lowest BCUT2D eigenvalue weighted by atomic mass is 10.2. The largest absolute Gasteiger partial charge is 0.438 e. The third-order valence-electron chi connectivity index (χ3n) is 2.28. The monoisotopic (exact) mass is 322 g/mol. The van der Waals surface area contributed by atoms with Gasteiger partial charge in [0.1, 0.15) is 10.7 Å². The van der Waals surface area contributed by atoms with E-state index in [9.17, 15) is 0 Å². The number of rotatable bonds is 3. The molecule has 0 aliphatic carbocycles. The van der Waals surface area contributed by atoms with Crippen LogP contribution in [0, 0.1) is 6.92 Å². The summed E-state index contributed by atoms with van der Waals surface area (Å²) in [5.41, 5.74) is 7.13. The van der Waals surface area contributed by atoms with Gasteiger partial charge < -0.3 is 10.5 Å². The normalized spacial score (nSPS) is 10.1. The van der Waals surface area contributed by atoms with Crippen molar-refractivity contribution in [1.29, 1.82) is 0 Å². The van der Waals surface area contributed by atoms with Crippen molar-refractivity contribution in [3.05, 3.63) is 52.1 Å². The minimum Gasteiger partial charge on any atom is -0.438 e. The van der Waals surface area contributed by atoms with Gasteiger partial charge in [-0.15, -0.1) is 0 Å². The van der Waals surface area contributed by atoms with Gasteiger partial charge in [0.25, 0.3) is 0 Å². The molecule has 0 spiro atoms. The number of nitrogens with zero attached hydrogens (tertiary/aromatic N) is 1. The predicted octanol–water partition coefficient (Wildman–Crippen LogP) is 3.58. The number of benzene rings is 1. The molecular weight excluding hydrogens is 312 g/mol. The Balaban J connectivity index is 2.39. The van der Waals surface area contributed by atoms with Gasteiger partial charge in [-0.2, -0.15) is 0 Å². The molecule has 0 saturated carbocycles. The van der Waals surface area contributed by atoms with Crippen molar-refractivity contribution >= 4 is 33.1 Å². The second-order valence-corrected chi connectivity index (χ2v) is 5.08. The summed E-state index contributed by atoms with van der Waals surface area (Å²) in [6.45, 7) is 1.89. The number of aryl methyl sites for hydroxylation is 1. The Morgan fingerprint density at radius 2 is 2.11 bits per heavy atom. The molecule has 0 unspecified atom stereocenters. The van der Waals surface area contributed by atoms with Gasteiger partial charge in [-0.05, 0) is 37.3 Å². The molecule has 0 saturated heterocycles. The summed E-state index contributed by atoms with van der Waals surface area (Å²) in [6.07, 6.45) is 0. The fraction of sp³-hybridized carbons (Fsp3) is 0.0769. The highest BCUT2D eigenvalue weighted by atomic mass is 79.9. The fourth-order valence-corrected chi connectivity index (χ4v) is 1.97. The number of hydrogen-bond donors (Lipinski definition) is 1. The summed E-state index contributed by atoms with van der Waals surface area (Å²) in [5.74, 6) is 1.11. The van der Waals surface area contributed by atoms with E-state index in [2.05, 4.69) is 20.9 Å². The lowest BCUT2D eigenvalue weighted by Gasteiger charge is -2.10. The highest BCUT2D eigenvalue weighted by Crippen LogP contribution is 2.25. The molecule has 0 aliphatic rings. The molecule has 92 valence electrons. The van der Waals surface area contributed by atoms with E-state index in [0.717, 1.165) is 10.2 Å². The van der Waals surface area contributed by atoms with Gasteiger partial charge in [-0.1, -0.05) is 34.2 Å². The van der Waals surface area contributed by atoms with Crippen molar-refractivity contribution in [2.45, 2.75) is 6.92 Å². The van der Waals surface area contributed by atoms with Crippen molar-refractivity contribution in [1.82, 2.24) is 4.98 Å². The van der Waals surface area contributed by atoms with Gasteiger partial charge in [0.05, 0.1) is 5.56 Å². The van der Waals surface area contributed by atoms with Crippen LogP contribution in [0.3, 0.4) is 0 Å². The Hall–Kier alpha value is -1.46. The molecule has 2 aromatic rings. The molecule has 0 fully saturated rings. The van der Waals surface area contributed by atoms with Crippen LogP contribution in [0.4, 0.5) is 0 Å². The maximum absolute atomic E-state index is 5.72. The molecule has 5 heteroatoms. The zero-order valence-electron chi connectivity index (χ0n) is 9.68. The molecule has 2 N–H and O–H groups in total. The van der Waals surface area contributed by atoms with Crippen molar-refractivity contribution in [2.24, 2.45) is 5.73 Å². The van der Waals surface area contributed by atoms with Gasteiger partial charge in [0.2, 0.25) is 5.88 Å². The van der Waals surface area contributed by atoms with E-state index >= 15 is 0 Å². The molecule has 0 bridgehead atoms. The summed E-state index contributed by atoms with van der Waals surface area (Å²) in [4.78, 5) is 4.59. The summed E-state index contributed by atoms with van der Waals surface area (Å²) in [6, 6.07) is 11.2. The van der Waals surface area contributed by atoms with Crippen LogP contribution in [-0.2, 0) is 0 Å². The molecule has 0 aliphatic heterocycles. The molecule has 0 amide bonds. The van der Waals surface area contributed by atoms with Crippen molar-refractivity contribution < 1.29 is 4.74 Å². The molecule has 0 atom stereocenters. The quantitative estimate of drug-likeness (QED) is 0.877. The van der Waals surface area contributed by atoms with Gasteiger partial charge in [0.15, 0.2) is 0 Å². The topological polar surface area (TPSA) is 48.1 Å². The minimum absolute atomic E-state index is 0.271. The summed E-state index contributed by atoms with van der Waals surface area (Å²) in [7, 11) is 0. The molecule has 18 heavy (non-hydrogen) atoms. The third-order valence-corrected chi connectivity index (χ3v) is 2.99. The molecule has 1 heterocycles. The number of ether oxygens (including phenoxy) is 1. The lowest BCUT2D eigenvalue weighted by molar-refractivity contribution is 0.460. The Morgan fingerprint density at radius 3 is 2.78 bits per heavy atom. The van der Waals surface area contributed by atoms with Crippen molar-refractivity contribution in [3.8, 4) is 11.6 Å². The molecular formula is C13H11BrN2OS. The van der Waals surface area contributed by atoms with Gasteiger partial charge in [0, 0.05) is 10.2 Å². The average molecular weight is 323 g/mol. The number of thiocarbonyl (C=S) groups is 1. The first kappa shape index (κ1) is 13.0. The van der Waals surface area contributed by atoms with Crippen LogP contribution in [0.2, 0.25) is 0 Å². The Morgan fingerprint density at radius 1 is 1.33 bits per heavy atom. The van der Waals surface area contributed by atoms with E-state index in [1.807, 2.05) is 43.3 Å². The second-order valence-electron chi connectivity index (χ2n) is 3.73. The van der Waals surface area contributed by atoms with E-state index in [-0.39, 0.29) is 4.99 Å². The maximum Gasteiger partial charge on any atom is 0.229 e. The highest BCUT2D eigenvalue weighted by Gasteiger charge is 2.09. The van der Waals surface area contributed by atoms with Crippen LogP contribution in [0.1, 0.15) is 11.3 Å². The molecule has 1 aromatic heterocycles. The number of halogens is 1. The van der Waals surface area contributed by atoms with Crippen molar-refractivity contribution in [3.63, 3.8) is 0 Å². The predicted molar refractivity (Wildman–Crippen MR) is 79.1 cm³/mol. The molecule has 2 rings (SSSR count). The molecule has 0 radical (unpaired) electrons. The maximum atomic E-state index is 5.72. The zero-order valence-corrected chi connectivity index (χ0v) is 12.1. The SMILES string of the molecule is Cc1ccc(C(N)=S)c(Oc2cccc(Br)c2)n1. The molecule has 1 aromatic carbocycles. The van der Waals surface area contributed by atoms with Crippen LogP contribution in [0.25, 0.3) is 0 Å². The number of pyridine rings is 1. The Kier molecular flexibility index (Phi) is 3.93. The first-order valence-corrected chi connectivity index (χ1v) is 6.47. The van der Waals surface area contributed by atoms with E-state index in [1.165, 1.54) is 0 Å². The van der Waals surface area contributed by atoms with Crippen LogP contribution in [0.5, 0.6) is 11.6 Å². The standard InChI is InChI=1S/C13H11BrN2OS/c1-8-5-6-11(12(15)18)13(16-8)17-10-4-2-3-9(14)7-10/h2-7H,1H3,(H2,15,18). The van der Waals surface area contributed by atoms with Crippen molar-refractivity contribution in [2.75, 3.05) is 0 Å². The average Bonchev–Trinajstić information content (AvgIpc) is 2.28. The van der Waals surface area contributed by atoms with Crippen LogP contribution in [-0.4, -0.2) is 9.97 Å². The number of nitrogens with two attached hydrogens (primary N) is 1. The lowest BCUT2D eigenvalue weighted by Crippen LogP contribution is -2.11. The molecule has 3 nitrogen and oxygen atoms in total. The van der Waals surface area contributed by atoms with Gasteiger partial charge in [-0.25, -0.2) is 4.98 Å². The summed E-state index contributed by atoms with van der Waals surface area (Å²) < 4.78 is 6.66. The zero-order chi connectivity index (χ0) is 13.1. The van der Waals surface area contributed by atoms with E-state index < -0.39 is 0 Å². The summed E-state index contributed by atoms with van der Waals surface area (Å²) in [5, 5.41) is 0. The Bertz CT molecular complexity index is 601.